The molecule has 0 aromatic heterocycles. The lowest BCUT2D eigenvalue weighted by Gasteiger charge is -2.26. The number of methoxy groups -OCH3 is 1. The van der Waals surface area contributed by atoms with Crippen LogP contribution in [0.2, 0.25) is 0 Å². The summed E-state index contributed by atoms with van der Waals surface area (Å²) < 4.78 is 5.05. The second-order valence-electron chi connectivity index (χ2n) is 7.88. The third-order valence-corrected chi connectivity index (χ3v) is 5.42. The molecule has 1 amide bonds. The number of nitrogens with zero attached hydrogens (tertiary/aromatic N) is 3. The number of likely N-dealkylation sites (tertiary alicyclic amines) is 1. The van der Waals surface area contributed by atoms with Gasteiger partial charge in [0.1, 0.15) is 17.3 Å². The van der Waals surface area contributed by atoms with Crippen LogP contribution in [0.1, 0.15) is 23.6 Å². The number of aromatic hydroxyl groups is 1. The number of ketones is 1. The fourth-order valence-electron chi connectivity index (χ4n) is 3.78. The zero-order chi connectivity index (χ0) is 24.3. The summed E-state index contributed by atoms with van der Waals surface area (Å²) in [5, 5.41) is 32.4. The molecule has 33 heavy (non-hydrogen) atoms. The van der Waals surface area contributed by atoms with Crippen LogP contribution < -0.4 is 4.74 Å². The molecule has 0 radical (unpaired) electrons. The van der Waals surface area contributed by atoms with Crippen LogP contribution in [0, 0.1) is 10.1 Å². The Morgan fingerprint density at radius 2 is 1.85 bits per heavy atom. The Kier molecular flexibility index (Phi) is 6.98. The van der Waals surface area contributed by atoms with E-state index < -0.39 is 28.4 Å². The predicted octanol–water partition coefficient (Wildman–Crippen LogP) is 2.68. The molecular formula is C23H25N3O7. The van der Waals surface area contributed by atoms with E-state index in [1.54, 1.807) is 0 Å². The highest BCUT2D eigenvalue weighted by Crippen LogP contribution is 2.41. The molecule has 2 aromatic rings. The number of nitro groups is 1. The van der Waals surface area contributed by atoms with Gasteiger partial charge in [-0.25, -0.2) is 0 Å². The van der Waals surface area contributed by atoms with E-state index >= 15 is 0 Å². The van der Waals surface area contributed by atoms with Gasteiger partial charge in [-0.05, 0) is 56.9 Å². The number of phenolic OH excluding ortho intramolecular Hbond substituents is 1. The van der Waals surface area contributed by atoms with Crippen molar-refractivity contribution in [3.05, 3.63) is 69.3 Å². The number of ether oxygens (including phenoxy) is 1. The molecule has 0 spiro atoms. The van der Waals surface area contributed by atoms with Crippen LogP contribution in [0.15, 0.2) is 48.0 Å². The highest BCUT2D eigenvalue weighted by Gasteiger charge is 2.46. The molecule has 10 nitrogen and oxygen atoms in total. The lowest BCUT2D eigenvalue weighted by molar-refractivity contribution is -0.384. The van der Waals surface area contributed by atoms with Crippen molar-refractivity contribution in [2.75, 3.05) is 34.3 Å². The lowest BCUT2D eigenvalue weighted by Crippen LogP contribution is -2.32. The number of non-ortho nitro benzene ring substituents is 1. The van der Waals surface area contributed by atoms with Crippen molar-refractivity contribution >= 4 is 23.1 Å². The van der Waals surface area contributed by atoms with Crippen molar-refractivity contribution in [3.8, 4) is 11.5 Å². The number of phenols is 1. The number of carbonyl (C=O) groups is 2. The highest BCUT2D eigenvalue weighted by molar-refractivity contribution is 6.46. The second-order valence-corrected chi connectivity index (χ2v) is 7.88. The zero-order valence-corrected chi connectivity index (χ0v) is 18.5. The smallest absolute Gasteiger partial charge is 0.295 e. The summed E-state index contributed by atoms with van der Waals surface area (Å²) in [6.45, 7) is 0.894. The molecule has 1 unspecified atom stereocenters. The molecule has 2 N–H and O–H groups in total. The maximum absolute atomic E-state index is 13.0. The Morgan fingerprint density at radius 3 is 2.39 bits per heavy atom. The summed E-state index contributed by atoms with van der Waals surface area (Å²) >= 11 is 0. The number of carbonyl (C=O) groups excluding carboxylic acids is 2. The quantitative estimate of drug-likeness (QED) is 0.204. The molecule has 1 aliphatic rings. The monoisotopic (exact) mass is 455 g/mol. The van der Waals surface area contributed by atoms with Crippen LogP contribution in [-0.4, -0.2) is 70.9 Å². The number of hydrogen-bond acceptors (Lipinski definition) is 8. The number of nitro benzene ring substituents is 1. The van der Waals surface area contributed by atoms with Gasteiger partial charge in [-0.1, -0.05) is 0 Å². The van der Waals surface area contributed by atoms with E-state index in [1.165, 1.54) is 54.5 Å². The van der Waals surface area contributed by atoms with Gasteiger partial charge in [-0.2, -0.15) is 0 Å². The van der Waals surface area contributed by atoms with Crippen LogP contribution in [0.25, 0.3) is 5.76 Å². The summed E-state index contributed by atoms with van der Waals surface area (Å²) in [7, 11) is 5.19. The first kappa shape index (κ1) is 23.7. The number of Topliss-reactive ketones (excluding diaryl/α,β-unsaturated/α-hetero) is 1. The van der Waals surface area contributed by atoms with E-state index in [-0.39, 0.29) is 29.1 Å². The van der Waals surface area contributed by atoms with Crippen LogP contribution in [0.4, 0.5) is 5.69 Å². The average molecular weight is 455 g/mol. The number of hydrogen-bond donors (Lipinski definition) is 2. The van der Waals surface area contributed by atoms with Crippen molar-refractivity contribution in [1.29, 1.82) is 0 Å². The molecule has 0 bridgehead atoms. The van der Waals surface area contributed by atoms with Crippen LogP contribution >= 0.6 is 0 Å². The standard InChI is InChI=1S/C23H25N3O7/c1-24(2)11-4-12-25-20(14-5-7-15(8-6-14)26(31)32)19(22(29)23(25)30)21(28)17-10-9-16(33-3)13-18(17)27/h5-10,13,20,27-28H,4,11-12H2,1-3H3/b21-19+. The topological polar surface area (TPSA) is 133 Å². The average Bonchev–Trinajstić information content (AvgIpc) is 3.03. The molecule has 1 fully saturated rings. The van der Waals surface area contributed by atoms with Crippen LogP contribution in [0.5, 0.6) is 11.5 Å². The second kappa shape index (κ2) is 9.70. The Bertz CT molecular complexity index is 1110. The minimum absolute atomic E-state index is 0.0333. The number of aliphatic hydroxyl groups is 1. The van der Waals surface area contributed by atoms with E-state index in [9.17, 15) is 29.9 Å². The largest absolute Gasteiger partial charge is 0.507 e. The van der Waals surface area contributed by atoms with Gasteiger partial charge < -0.3 is 24.7 Å². The molecule has 0 aliphatic carbocycles. The first-order valence-corrected chi connectivity index (χ1v) is 10.2. The fraction of sp³-hybridized carbons (Fsp3) is 0.304. The number of aliphatic hydroxyl groups excluding tert-OH is 1. The Balaban J connectivity index is 2.12. The minimum atomic E-state index is -0.963. The number of amides is 1. The van der Waals surface area contributed by atoms with E-state index in [0.29, 0.717) is 24.3 Å². The Hall–Kier alpha value is -3.92. The molecule has 1 aliphatic heterocycles. The number of rotatable bonds is 8. The first-order chi connectivity index (χ1) is 15.6. The van der Waals surface area contributed by atoms with Crippen molar-refractivity contribution in [2.45, 2.75) is 12.5 Å². The molecule has 2 aromatic carbocycles. The molecule has 3 rings (SSSR count). The SMILES string of the molecule is COc1ccc(/C(O)=C2\C(=O)C(=O)N(CCCN(C)C)C2c2ccc([N+](=O)[O-])cc2)c(O)c1. The summed E-state index contributed by atoms with van der Waals surface area (Å²) in [5.74, 6) is -2.19. The molecule has 174 valence electrons. The van der Waals surface area contributed by atoms with E-state index in [0.717, 1.165) is 0 Å². The fourth-order valence-corrected chi connectivity index (χ4v) is 3.78. The number of benzene rings is 2. The lowest BCUT2D eigenvalue weighted by atomic mass is 9.94. The van der Waals surface area contributed by atoms with Crippen molar-refractivity contribution < 1.29 is 29.5 Å². The van der Waals surface area contributed by atoms with E-state index in [4.69, 9.17) is 4.74 Å². The van der Waals surface area contributed by atoms with Gasteiger partial charge in [0, 0.05) is 24.7 Å². The Morgan fingerprint density at radius 1 is 1.18 bits per heavy atom. The van der Waals surface area contributed by atoms with Gasteiger partial charge in [-0.15, -0.1) is 0 Å². The van der Waals surface area contributed by atoms with Crippen LogP contribution in [-0.2, 0) is 9.59 Å². The van der Waals surface area contributed by atoms with Gasteiger partial charge in [0.05, 0.1) is 29.2 Å². The molecule has 0 saturated carbocycles. The molecule has 1 atom stereocenters. The molecule has 10 heteroatoms. The zero-order valence-electron chi connectivity index (χ0n) is 18.5. The van der Waals surface area contributed by atoms with Crippen molar-refractivity contribution in [2.24, 2.45) is 0 Å². The van der Waals surface area contributed by atoms with Crippen molar-refractivity contribution in [1.82, 2.24) is 9.80 Å². The van der Waals surface area contributed by atoms with E-state index in [1.807, 2.05) is 19.0 Å². The van der Waals surface area contributed by atoms with Gasteiger partial charge in [0.25, 0.3) is 17.4 Å². The summed E-state index contributed by atoms with van der Waals surface area (Å²) in [5.41, 5.74) is 0.0588. The van der Waals surface area contributed by atoms with Gasteiger partial charge in [-0.3, -0.25) is 19.7 Å². The van der Waals surface area contributed by atoms with Crippen LogP contribution in [0.3, 0.4) is 0 Å². The van der Waals surface area contributed by atoms with Gasteiger partial charge in [0.15, 0.2) is 0 Å². The third-order valence-electron chi connectivity index (χ3n) is 5.42. The Labute approximate surface area is 190 Å². The highest BCUT2D eigenvalue weighted by atomic mass is 16.6. The molecular weight excluding hydrogens is 430 g/mol. The van der Waals surface area contributed by atoms with E-state index in [2.05, 4.69) is 0 Å². The van der Waals surface area contributed by atoms with Gasteiger partial charge in [0.2, 0.25) is 0 Å². The maximum Gasteiger partial charge on any atom is 0.295 e. The summed E-state index contributed by atoms with van der Waals surface area (Å²) in [6.07, 6.45) is 0.567. The predicted molar refractivity (Wildman–Crippen MR) is 120 cm³/mol. The minimum Gasteiger partial charge on any atom is -0.507 e. The third kappa shape index (κ3) is 4.80. The first-order valence-electron chi connectivity index (χ1n) is 10.2. The van der Waals surface area contributed by atoms with Crippen molar-refractivity contribution in [3.63, 3.8) is 0 Å². The summed E-state index contributed by atoms with van der Waals surface area (Å²) in [6, 6.07) is 8.67. The molecule has 1 heterocycles. The maximum atomic E-state index is 13.0. The van der Waals surface area contributed by atoms with Gasteiger partial charge >= 0.3 is 0 Å². The normalized spacial score (nSPS) is 17.6. The molecule has 1 saturated heterocycles. The summed E-state index contributed by atoms with van der Waals surface area (Å²) in [4.78, 5) is 39.7.